The van der Waals surface area contributed by atoms with Crippen LogP contribution in [0.2, 0.25) is 0 Å². The number of anilines is 1. The van der Waals surface area contributed by atoms with E-state index in [-0.39, 0.29) is 17.9 Å². The van der Waals surface area contributed by atoms with Crippen molar-refractivity contribution in [2.75, 3.05) is 11.9 Å². The van der Waals surface area contributed by atoms with Crippen molar-refractivity contribution in [3.05, 3.63) is 65.2 Å². The molecule has 3 rings (SSSR count). The Morgan fingerprint density at radius 3 is 2.42 bits per heavy atom. The van der Waals surface area contributed by atoms with Crippen LogP contribution in [-0.4, -0.2) is 29.3 Å². The molecule has 1 unspecified atom stereocenters. The third-order valence-electron chi connectivity index (χ3n) is 4.94. The van der Waals surface area contributed by atoms with Crippen LogP contribution in [0.25, 0.3) is 0 Å². The normalized spacial score (nSPS) is 15.8. The van der Waals surface area contributed by atoms with Gasteiger partial charge in [-0.3, -0.25) is 9.59 Å². The summed E-state index contributed by atoms with van der Waals surface area (Å²) in [6, 6.07) is 16.0. The van der Waals surface area contributed by atoms with Gasteiger partial charge in [-0.1, -0.05) is 31.2 Å². The third kappa shape index (κ3) is 4.13. The number of carbonyl (C=O) groups is 2. The maximum atomic E-state index is 13.1. The highest BCUT2D eigenvalue weighted by molar-refractivity contribution is 5.95. The van der Waals surface area contributed by atoms with E-state index in [1.807, 2.05) is 4.90 Å². The standard InChI is InChI=1S/C22H26N2O2/c1-3-14-24(21-13-10-17-6-4-5-7-19(17)15-21)22(26)18-8-11-20(12-9-18)23-16(2)25/h4-9,11-12,21H,3,10,13-15H2,1-2H3,(H,23,25). The van der Waals surface area contributed by atoms with Gasteiger partial charge < -0.3 is 10.2 Å². The molecule has 0 saturated carbocycles. The molecule has 1 atom stereocenters. The average Bonchev–Trinajstić information content (AvgIpc) is 2.65. The molecule has 1 aliphatic rings. The Kier molecular flexibility index (Phi) is 5.71. The Labute approximate surface area is 155 Å². The molecule has 1 N–H and O–H groups in total. The molecule has 0 saturated heterocycles. The summed E-state index contributed by atoms with van der Waals surface area (Å²) >= 11 is 0. The Morgan fingerprint density at radius 2 is 1.77 bits per heavy atom. The number of rotatable bonds is 5. The lowest BCUT2D eigenvalue weighted by molar-refractivity contribution is -0.114. The van der Waals surface area contributed by atoms with Crippen molar-refractivity contribution < 1.29 is 9.59 Å². The summed E-state index contributed by atoms with van der Waals surface area (Å²) < 4.78 is 0. The van der Waals surface area contributed by atoms with Crippen LogP contribution in [0.1, 0.15) is 48.2 Å². The summed E-state index contributed by atoms with van der Waals surface area (Å²) in [5.74, 6) is -0.0387. The SMILES string of the molecule is CCCN(C(=O)c1ccc(NC(C)=O)cc1)C1CCc2ccccc2C1. The maximum Gasteiger partial charge on any atom is 0.254 e. The highest BCUT2D eigenvalue weighted by atomic mass is 16.2. The number of nitrogens with zero attached hydrogens (tertiary/aromatic N) is 1. The summed E-state index contributed by atoms with van der Waals surface area (Å²) in [5.41, 5.74) is 4.15. The summed E-state index contributed by atoms with van der Waals surface area (Å²) in [4.78, 5) is 26.3. The van der Waals surface area contributed by atoms with E-state index < -0.39 is 0 Å². The van der Waals surface area contributed by atoms with Crippen LogP contribution in [0, 0.1) is 0 Å². The zero-order chi connectivity index (χ0) is 18.5. The van der Waals surface area contributed by atoms with Gasteiger partial charge in [-0.05, 0) is 61.1 Å². The van der Waals surface area contributed by atoms with Crippen molar-refractivity contribution in [2.24, 2.45) is 0 Å². The van der Waals surface area contributed by atoms with E-state index in [1.165, 1.54) is 18.1 Å². The van der Waals surface area contributed by atoms with E-state index in [0.717, 1.165) is 32.2 Å². The zero-order valence-electron chi connectivity index (χ0n) is 15.5. The third-order valence-corrected chi connectivity index (χ3v) is 4.94. The topological polar surface area (TPSA) is 49.4 Å². The van der Waals surface area contributed by atoms with Gasteiger partial charge in [-0.2, -0.15) is 0 Å². The van der Waals surface area contributed by atoms with Gasteiger partial charge in [0.25, 0.3) is 5.91 Å². The first-order valence-electron chi connectivity index (χ1n) is 9.34. The average molecular weight is 350 g/mol. The van der Waals surface area contributed by atoms with E-state index >= 15 is 0 Å². The molecular formula is C22H26N2O2. The molecule has 0 radical (unpaired) electrons. The molecule has 0 bridgehead atoms. The smallest absolute Gasteiger partial charge is 0.254 e. The second kappa shape index (κ2) is 8.17. The Hall–Kier alpha value is -2.62. The van der Waals surface area contributed by atoms with Crippen LogP contribution in [0.15, 0.2) is 48.5 Å². The highest BCUT2D eigenvalue weighted by Gasteiger charge is 2.27. The monoisotopic (exact) mass is 350 g/mol. The minimum Gasteiger partial charge on any atom is -0.335 e. The number of amides is 2. The minimum atomic E-state index is -0.113. The molecule has 1 aliphatic carbocycles. The molecule has 2 amide bonds. The summed E-state index contributed by atoms with van der Waals surface area (Å²) in [7, 11) is 0. The lowest BCUT2D eigenvalue weighted by atomic mass is 9.87. The predicted octanol–water partition coefficient (Wildman–Crippen LogP) is 4.05. The van der Waals surface area contributed by atoms with E-state index in [4.69, 9.17) is 0 Å². The first kappa shape index (κ1) is 18.2. The van der Waals surface area contributed by atoms with Gasteiger partial charge >= 0.3 is 0 Å². The largest absolute Gasteiger partial charge is 0.335 e. The van der Waals surface area contributed by atoms with Crippen molar-refractivity contribution in [2.45, 2.75) is 45.6 Å². The fourth-order valence-corrected chi connectivity index (χ4v) is 3.70. The Bertz CT molecular complexity index is 783. The number of fused-ring (bicyclic) bond motifs is 1. The lowest BCUT2D eigenvalue weighted by Crippen LogP contribution is -2.43. The van der Waals surface area contributed by atoms with E-state index in [0.29, 0.717) is 11.3 Å². The molecule has 0 aliphatic heterocycles. The molecule has 0 spiro atoms. The molecule has 4 heteroatoms. The van der Waals surface area contributed by atoms with Gasteiger partial charge in [0.05, 0.1) is 0 Å². The summed E-state index contributed by atoms with van der Waals surface area (Å²) in [6.45, 7) is 4.35. The van der Waals surface area contributed by atoms with Gasteiger partial charge in [0.2, 0.25) is 5.91 Å². The minimum absolute atomic E-state index is 0.0746. The van der Waals surface area contributed by atoms with Crippen LogP contribution < -0.4 is 5.32 Å². The van der Waals surface area contributed by atoms with E-state index in [9.17, 15) is 9.59 Å². The molecule has 0 aromatic heterocycles. The zero-order valence-corrected chi connectivity index (χ0v) is 15.5. The maximum absolute atomic E-state index is 13.1. The Morgan fingerprint density at radius 1 is 1.08 bits per heavy atom. The molecule has 2 aromatic carbocycles. The first-order valence-corrected chi connectivity index (χ1v) is 9.34. The van der Waals surface area contributed by atoms with Crippen LogP contribution in [0.4, 0.5) is 5.69 Å². The van der Waals surface area contributed by atoms with Gasteiger partial charge in [-0.15, -0.1) is 0 Å². The molecule has 0 heterocycles. The van der Waals surface area contributed by atoms with Gasteiger partial charge in [-0.25, -0.2) is 0 Å². The highest BCUT2D eigenvalue weighted by Crippen LogP contribution is 2.26. The van der Waals surface area contributed by atoms with Crippen molar-refractivity contribution in [3.63, 3.8) is 0 Å². The molecule has 0 fully saturated rings. The summed E-state index contributed by atoms with van der Waals surface area (Å²) in [6.07, 6.45) is 3.89. The molecule has 26 heavy (non-hydrogen) atoms. The quantitative estimate of drug-likeness (QED) is 0.884. The summed E-state index contributed by atoms with van der Waals surface area (Å²) in [5, 5.41) is 2.74. The van der Waals surface area contributed by atoms with Crippen molar-refractivity contribution in [1.29, 1.82) is 0 Å². The number of benzene rings is 2. The van der Waals surface area contributed by atoms with Crippen LogP contribution in [-0.2, 0) is 17.6 Å². The fraction of sp³-hybridized carbons (Fsp3) is 0.364. The van der Waals surface area contributed by atoms with Gasteiger partial charge in [0.1, 0.15) is 0 Å². The second-order valence-corrected chi connectivity index (χ2v) is 6.92. The molecular weight excluding hydrogens is 324 g/mol. The lowest BCUT2D eigenvalue weighted by Gasteiger charge is -2.35. The number of aryl methyl sites for hydroxylation is 1. The molecule has 136 valence electrons. The van der Waals surface area contributed by atoms with Crippen molar-refractivity contribution in [3.8, 4) is 0 Å². The number of hydrogen-bond acceptors (Lipinski definition) is 2. The Balaban J connectivity index is 1.77. The van der Waals surface area contributed by atoms with Gasteiger partial charge in [0, 0.05) is 30.8 Å². The van der Waals surface area contributed by atoms with Crippen molar-refractivity contribution >= 4 is 17.5 Å². The van der Waals surface area contributed by atoms with Gasteiger partial charge in [0.15, 0.2) is 0 Å². The van der Waals surface area contributed by atoms with Crippen molar-refractivity contribution in [1.82, 2.24) is 4.90 Å². The van der Waals surface area contributed by atoms with E-state index in [1.54, 1.807) is 24.3 Å². The van der Waals surface area contributed by atoms with Crippen LogP contribution >= 0.6 is 0 Å². The second-order valence-electron chi connectivity index (χ2n) is 6.92. The number of carbonyl (C=O) groups excluding carboxylic acids is 2. The number of nitrogens with one attached hydrogen (secondary N) is 1. The van der Waals surface area contributed by atoms with E-state index in [2.05, 4.69) is 36.5 Å². The first-order chi connectivity index (χ1) is 12.6. The predicted molar refractivity (Wildman–Crippen MR) is 104 cm³/mol. The number of hydrogen-bond donors (Lipinski definition) is 1. The van der Waals surface area contributed by atoms with Crippen LogP contribution in [0.5, 0.6) is 0 Å². The molecule has 4 nitrogen and oxygen atoms in total. The fourth-order valence-electron chi connectivity index (χ4n) is 3.70. The molecule has 2 aromatic rings. The van der Waals surface area contributed by atoms with Crippen LogP contribution in [0.3, 0.4) is 0 Å².